The van der Waals surface area contributed by atoms with Crippen LogP contribution < -0.4 is 0 Å². The van der Waals surface area contributed by atoms with E-state index in [2.05, 4.69) is 10.1 Å². The van der Waals surface area contributed by atoms with Crippen molar-refractivity contribution in [1.29, 1.82) is 0 Å². The highest BCUT2D eigenvalue weighted by atomic mass is 19.3. The van der Waals surface area contributed by atoms with Crippen LogP contribution in [0.15, 0.2) is 97.3 Å². The van der Waals surface area contributed by atoms with E-state index in [1.165, 1.54) is 6.33 Å². The van der Waals surface area contributed by atoms with E-state index < -0.39 is 22.7 Å². The zero-order valence-electron chi connectivity index (χ0n) is 19.2. The topological polar surface area (TPSA) is 30.7 Å². The highest BCUT2D eigenvalue weighted by molar-refractivity contribution is 5.50. The first-order valence-electron chi connectivity index (χ1n) is 11.4. The van der Waals surface area contributed by atoms with Gasteiger partial charge in [0.15, 0.2) is 0 Å². The van der Waals surface area contributed by atoms with E-state index in [9.17, 15) is 0 Å². The van der Waals surface area contributed by atoms with Gasteiger partial charge in [-0.15, -0.1) is 5.10 Å². The Labute approximate surface area is 194 Å². The standard InChI is InChI=1S/C28H29F2N3/c1-4-26(3,5-2)28(29,30)25-31-21-33(32-25)27(22-15-9-6-10-16-22,23-17-11-7-12-18-23)24-19-13-8-14-20-24/h6-21H,4-5H2,1-3H3. The fourth-order valence-corrected chi connectivity index (χ4v) is 4.47. The van der Waals surface area contributed by atoms with Crippen LogP contribution in [0.2, 0.25) is 0 Å². The monoisotopic (exact) mass is 445 g/mol. The minimum atomic E-state index is -3.17. The molecule has 0 radical (unpaired) electrons. The molecule has 0 fully saturated rings. The molecule has 4 aromatic rings. The molecular weight excluding hydrogens is 416 g/mol. The molecule has 0 aliphatic carbocycles. The summed E-state index contributed by atoms with van der Waals surface area (Å²) in [4.78, 5) is 4.19. The van der Waals surface area contributed by atoms with Crippen LogP contribution in [-0.2, 0) is 11.5 Å². The summed E-state index contributed by atoms with van der Waals surface area (Å²) in [5, 5.41) is 4.50. The summed E-state index contributed by atoms with van der Waals surface area (Å²) in [5.41, 5.74) is 0.552. The van der Waals surface area contributed by atoms with Gasteiger partial charge in [-0.05, 0) is 29.5 Å². The maximum atomic E-state index is 15.7. The molecule has 0 saturated heterocycles. The van der Waals surface area contributed by atoms with Gasteiger partial charge in [-0.1, -0.05) is 112 Å². The highest BCUT2D eigenvalue weighted by Gasteiger charge is 2.53. The van der Waals surface area contributed by atoms with Crippen LogP contribution in [0.5, 0.6) is 0 Å². The first-order chi connectivity index (χ1) is 15.9. The lowest BCUT2D eigenvalue weighted by molar-refractivity contribution is -0.133. The number of nitrogens with zero attached hydrogens (tertiary/aromatic N) is 3. The van der Waals surface area contributed by atoms with Gasteiger partial charge in [-0.2, -0.15) is 8.78 Å². The predicted octanol–water partition coefficient (Wildman–Crippen LogP) is 7.04. The molecule has 0 bridgehead atoms. The second kappa shape index (κ2) is 8.89. The summed E-state index contributed by atoms with van der Waals surface area (Å²) in [6, 6.07) is 29.6. The molecule has 1 aromatic heterocycles. The lowest BCUT2D eigenvalue weighted by Crippen LogP contribution is -2.40. The van der Waals surface area contributed by atoms with E-state index >= 15 is 8.78 Å². The Hall–Kier alpha value is -3.34. The van der Waals surface area contributed by atoms with Gasteiger partial charge < -0.3 is 0 Å². The van der Waals surface area contributed by atoms with Crippen LogP contribution in [-0.4, -0.2) is 14.8 Å². The van der Waals surface area contributed by atoms with Gasteiger partial charge in [0.05, 0.1) is 0 Å². The van der Waals surface area contributed by atoms with E-state index in [-0.39, 0.29) is 0 Å². The number of benzene rings is 3. The van der Waals surface area contributed by atoms with Crippen molar-refractivity contribution in [2.75, 3.05) is 0 Å². The summed E-state index contributed by atoms with van der Waals surface area (Å²) in [5.74, 6) is -3.61. The molecular formula is C28H29F2N3. The van der Waals surface area contributed by atoms with Gasteiger partial charge in [-0.3, -0.25) is 0 Å². The largest absolute Gasteiger partial charge is 0.313 e. The third kappa shape index (κ3) is 3.65. The van der Waals surface area contributed by atoms with E-state index in [1.54, 1.807) is 25.5 Å². The first-order valence-corrected chi connectivity index (χ1v) is 11.4. The van der Waals surface area contributed by atoms with Crippen molar-refractivity contribution in [2.24, 2.45) is 5.41 Å². The molecule has 0 atom stereocenters. The fraction of sp³-hybridized carbons (Fsp3) is 0.286. The maximum absolute atomic E-state index is 15.7. The van der Waals surface area contributed by atoms with Crippen LogP contribution in [0.25, 0.3) is 0 Å². The van der Waals surface area contributed by atoms with Crippen molar-refractivity contribution in [2.45, 2.75) is 45.1 Å². The number of alkyl halides is 2. The summed E-state index contributed by atoms with van der Waals surface area (Å²) in [6.07, 6.45) is 2.10. The molecule has 0 saturated carbocycles. The Morgan fingerprint density at radius 3 is 1.45 bits per heavy atom. The SMILES string of the molecule is CCC(C)(CC)C(F)(F)c1ncn(C(c2ccccc2)(c2ccccc2)c2ccccc2)n1. The number of hydrogen-bond acceptors (Lipinski definition) is 2. The normalized spacial score (nSPS) is 12.6. The van der Waals surface area contributed by atoms with E-state index in [4.69, 9.17) is 0 Å². The molecule has 0 aliphatic heterocycles. The minimum absolute atomic E-state index is 0.326. The van der Waals surface area contributed by atoms with Gasteiger partial charge >= 0.3 is 5.92 Å². The van der Waals surface area contributed by atoms with Crippen LogP contribution in [0, 0.1) is 5.41 Å². The average Bonchev–Trinajstić information content (AvgIpc) is 3.37. The summed E-state index contributed by atoms with van der Waals surface area (Å²) in [6.45, 7) is 5.18. The summed E-state index contributed by atoms with van der Waals surface area (Å²) >= 11 is 0. The highest BCUT2D eigenvalue weighted by Crippen LogP contribution is 2.49. The van der Waals surface area contributed by atoms with Crippen molar-refractivity contribution < 1.29 is 8.78 Å². The van der Waals surface area contributed by atoms with Crippen LogP contribution in [0.3, 0.4) is 0 Å². The minimum Gasteiger partial charge on any atom is -0.233 e. The molecule has 0 spiro atoms. The van der Waals surface area contributed by atoms with Crippen molar-refractivity contribution >= 4 is 0 Å². The predicted molar refractivity (Wildman–Crippen MR) is 127 cm³/mol. The maximum Gasteiger partial charge on any atom is 0.313 e. The van der Waals surface area contributed by atoms with Crippen LogP contribution in [0.4, 0.5) is 8.78 Å². The number of rotatable bonds is 8. The average molecular weight is 446 g/mol. The molecule has 170 valence electrons. The zero-order chi connectivity index (χ0) is 23.5. The van der Waals surface area contributed by atoms with Crippen molar-refractivity contribution in [3.05, 3.63) is 120 Å². The molecule has 5 heteroatoms. The van der Waals surface area contributed by atoms with Crippen molar-refractivity contribution in [3.8, 4) is 0 Å². The van der Waals surface area contributed by atoms with E-state index in [1.807, 2.05) is 91.0 Å². The van der Waals surface area contributed by atoms with Gasteiger partial charge in [0.25, 0.3) is 0 Å². The Morgan fingerprint density at radius 1 is 0.697 bits per heavy atom. The summed E-state index contributed by atoms with van der Waals surface area (Å²) < 4.78 is 33.0. The second-order valence-electron chi connectivity index (χ2n) is 8.66. The molecule has 33 heavy (non-hydrogen) atoms. The summed E-state index contributed by atoms with van der Waals surface area (Å²) in [7, 11) is 0. The molecule has 0 unspecified atom stereocenters. The third-order valence-electron chi connectivity index (χ3n) is 7.01. The van der Waals surface area contributed by atoms with E-state index in [0.717, 1.165) is 16.7 Å². The molecule has 0 N–H and O–H groups in total. The smallest absolute Gasteiger partial charge is 0.233 e. The first kappa shape index (κ1) is 22.8. The number of hydrogen-bond donors (Lipinski definition) is 0. The number of halogens is 2. The van der Waals surface area contributed by atoms with Crippen molar-refractivity contribution in [1.82, 2.24) is 14.8 Å². The molecule has 0 amide bonds. The van der Waals surface area contributed by atoms with Gasteiger partial charge in [0.1, 0.15) is 11.9 Å². The molecule has 0 aliphatic rings. The lowest BCUT2D eigenvalue weighted by atomic mass is 9.77. The number of aromatic nitrogens is 3. The Bertz CT molecular complexity index is 1070. The lowest BCUT2D eigenvalue weighted by Gasteiger charge is -2.36. The third-order valence-corrected chi connectivity index (χ3v) is 7.01. The molecule has 3 nitrogen and oxygen atoms in total. The fourth-order valence-electron chi connectivity index (χ4n) is 4.47. The van der Waals surface area contributed by atoms with Crippen LogP contribution in [0.1, 0.15) is 56.1 Å². The molecule has 1 heterocycles. The Kier molecular flexibility index (Phi) is 6.15. The van der Waals surface area contributed by atoms with Gasteiger partial charge in [0, 0.05) is 5.41 Å². The second-order valence-corrected chi connectivity index (χ2v) is 8.66. The Balaban J connectivity index is 2.02. The molecule has 4 rings (SSSR count). The quantitative estimate of drug-likeness (QED) is 0.272. The zero-order valence-corrected chi connectivity index (χ0v) is 19.2. The Morgan fingerprint density at radius 2 is 1.09 bits per heavy atom. The van der Waals surface area contributed by atoms with Crippen LogP contribution >= 0.6 is 0 Å². The van der Waals surface area contributed by atoms with Gasteiger partial charge in [-0.25, -0.2) is 9.67 Å². The molecule has 3 aromatic carbocycles. The van der Waals surface area contributed by atoms with Crippen molar-refractivity contribution in [3.63, 3.8) is 0 Å². The van der Waals surface area contributed by atoms with E-state index in [0.29, 0.717) is 12.8 Å². The van der Waals surface area contributed by atoms with Gasteiger partial charge in [0.2, 0.25) is 5.82 Å².